The van der Waals surface area contributed by atoms with E-state index in [1.165, 1.54) is 14.2 Å². The molecule has 1 aliphatic rings. The topological polar surface area (TPSA) is 119 Å². The van der Waals surface area contributed by atoms with Gasteiger partial charge in [-0.25, -0.2) is 4.99 Å². The third kappa shape index (κ3) is 9.57. The van der Waals surface area contributed by atoms with Crippen molar-refractivity contribution in [2.24, 2.45) is 16.8 Å². The molecule has 240 valence electrons. The van der Waals surface area contributed by atoms with Crippen LogP contribution >= 0.6 is 22.6 Å². The molecular weight excluding hydrogens is 685 g/mol. The predicted octanol–water partition coefficient (Wildman–Crippen LogP) is 6.23. The number of amides is 1. The fourth-order valence-corrected chi connectivity index (χ4v) is 5.73. The van der Waals surface area contributed by atoms with E-state index in [2.05, 4.69) is 44.7 Å². The number of aliphatic imine (C=N–C) groups is 1. The van der Waals surface area contributed by atoms with Crippen LogP contribution in [0.5, 0.6) is 5.75 Å². The number of rotatable bonds is 13. The second-order valence-electron chi connectivity index (χ2n) is 10.8. The van der Waals surface area contributed by atoms with E-state index in [1.807, 2.05) is 58.0 Å². The summed E-state index contributed by atoms with van der Waals surface area (Å²) in [4.78, 5) is 45.2. The number of nitrogens with one attached hydrogen (secondary N) is 2. The van der Waals surface area contributed by atoms with E-state index < -0.39 is 0 Å². The summed E-state index contributed by atoms with van der Waals surface area (Å²) in [5.41, 5.74) is 7.13. The highest BCUT2D eigenvalue weighted by molar-refractivity contribution is 14.1. The van der Waals surface area contributed by atoms with Crippen molar-refractivity contribution in [3.05, 3.63) is 69.2 Å². The molecule has 0 bridgehead atoms. The maximum atomic E-state index is 13.1. The molecule has 2 heterocycles. The van der Waals surface area contributed by atoms with Crippen LogP contribution in [0.15, 0.2) is 46.1 Å². The number of esters is 2. The van der Waals surface area contributed by atoms with Gasteiger partial charge in [0.1, 0.15) is 9.47 Å². The molecule has 3 rings (SSSR count). The average Bonchev–Trinajstić information content (AvgIpc) is 3.49. The molecule has 1 aliphatic heterocycles. The molecule has 2 atom stereocenters. The third-order valence-electron chi connectivity index (χ3n) is 8.03. The molecule has 0 unspecified atom stereocenters. The first kappa shape index (κ1) is 35.6. The largest absolute Gasteiger partial charge is 0.497 e. The highest BCUT2D eigenvalue weighted by Crippen LogP contribution is 2.34. The molecule has 0 fully saturated rings. The predicted molar refractivity (Wildman–Crippen MR) is 184 cm³/mol. The van der Waals surface area contributed by atoms with Crippen LogP contribution in [0, 0.1) is 30.6 Å². The monoisotopic (exact) mass is 727 g/mol. The van der Waals surface area contributed by atoms with E-state index in [9.17, 15) is 14.4 Å². The molecule has 0 saturated heterocycles. The minimum absolute atomic E-state index is 0.0437. The molecule has 2 aromatic rings. The molecule has 0 saturated carbocycles. The molecule has 9 nitrogen and oxygen atoms in total. The number of H-pyrrole nitrogens is 1. The molecule has 10 heteroatoms. The summed E-state index contributed by atoms with van der Waals surface area (Å²) < 4.78 is 15.8. The first-order valence-electron chi connectivity index (χ1n) is 15.0. The fraction of sp³-hybridized carbons (Fsp3) is 0.429. The van der Waals surface area contributed by atoms with Crippen LogP contribution in [-0.4, -0.2) is 47.9 Å². The summed E-state index contributed by atoms with van der Waals surface area (Å²) in [5, 5.41) is 3.04. The molecule has 1 amide bonds. The van der Waals surface area contributed by atoms with Crippen molar-refractivity contribution in [3.63, 3.8) is 0 Å². The van der Waals surface area contributed by atoms with Gasteiger partial charge in [-0.2, -0.15) is 0 Å². The first-order chi connectivity index (χ1) is 21.5. The summed E-state index contributed by atoms with van der Waals surface area (Å²) >= 11 is 2.20. The summed E-state index contributed by atoms with van der Waals surface area (Å²) in [5.74, 6) is 6.23. The molecular formula is C35H42IN3O6. The van der Waals surface area contributed by atoms with Crippen LogP contribution in [0.3, 0.4) is 0 Å². The number of halogens is 1. The van der Waals surface area contributed by atoms with Crippen LogP contribution < -0.4 is 10.1 Å². The Morgan fingerprint density at radius 3 is 2.29 bits per heavy atom. The number of hydrogen-bond donors (Lipinski definition) is 2. The van der Waals surface area contributed by atoms with Gasteiger partial charge in [-0.05, 0) is 108 Å². The number of hydrogen-bond acceptors (Lipinski definition) is 7. The zero-order valence-corrected chi connectivity index (χ0v) is 29.2. The Labute approximate surface area is 279 Å². The minimum Gasteiger partial charge on any atom is -0.497 e. The molecule has 1 aromatic carbocycles. The van der Waals surface area contributed by atoms with E-state index in [0.717, 1.165) is 54.4 Å². The lowest BCUT2D eigenvalue weighted by Crippen LogP contribution is -2.33. The second-order valence-corrected chi connectivity index (χ2v) is 11.9. The second kappa shape index (κ2) is 17.0. The number of carbonyl (C=O) groups excluding carboxylic acids is 3. The van der Waals surface area contributed by atoms with E-state index >= 15 is 0 Å². The summed E-state index contributed by atoms with van der Waals surface area (Å²) in [6.45, 7) is 8.34. The van der Waals surface area contributed by atoms with Gasteiger partial charge < -0.3 is 24.5 Å². The lowest BCUT2D eigenvalue weighted by molar-refractivity contribution is -0.141. The van der Waals surface area contributed by atoms with Crippen LogP contribution in [0.2, 0.25) is 0 Å². The first-order valence-corrected chi connectivity index (χ1v) is 16.0. The van der Waals surface area contributed by atoms with Gasteiger partial charge >= 0.3 is 11.9 Å². The van der Waals surface area contributed by atoms with Gasteiger partial charge in [-0.15, -0.1) is 0 Å². The van der Waals surface area contributed by atoms with Crippen molar-refractivity contribution >= 4 is 50.2 Å². The molecule has 2 N–H and O–H groups in total. The van der Waals surface area contributed by atoms with Crippen molar-refractivity contribution in [2.75, 3.05) is 21.3 Å². The number of benzene rings is 1. The number of nitrogens with zero attached hydrogens (tertiary/aromatic N) is 1. The van der Waals surface area contributed by atoms with Gasteiger partial charge in [0.15, 0.2) is 0 Å². The molecule has 45 heavy (non-hydrogen) atoms. The van der Waals surface area contributed by atoms with E-state index in [0.29, 0.717) is 25.8 Å². The van der Waals surface area contributed by atoms with E-state index in [1.54, 1.807) is 7.11 Å². The van der Waals surface area contributed by atoms with Crippen molar-refractivity contribution in [2.45, 2.75) is 66.3 Å². The van der Waals surface area contributed by atoms with E-state index in [4.69, 9.17) is 19.2 Å². The Morgan fingerprint density at radius 2 is 1.69 bits per heavy atom. The van der Waals surface area contributed by atoms with Gasteiger partial charge in [0.2, 0.25) is 5.91 Å². The van der Waals surface area contributed by atoms with Crippen molar-refractivity contribution < 1.29 is 28.6 Å². The Hall–Kier alpha value is -3.85. The maximum absolute atomic E-state index is 13.1. The van der Waals surface area contributed by atoms with Crippen molar-refractivity contribution in [1.29, 1.82) is 0 Å². The zero-order chi connectivity index (χ0) is 33.1. The molecule has 0 spiro atoms. The quantitative estimate of drug-likeness (QED) is 0.144. The summed E-state index contributed by atoms with van der Waals surface area (Å²) in [7, 11) is 4.38. The Kier molecular flexibility index (Phi) is 13.5. The lowest BCUT2D eigenvalue weighted by atomic mass is 9.91. The Bertz CT molecular complexity index is 1560. The summed E-state index contributed by atoms with van der Waals surface area (Å²) in [6, 6.07) is 7.60. The van der Waals surface area contributed by atoms with E-state index in [-0.39, 0.29) is 42.5 Å². The Balaban J connectivity index is 1.87. The van der Waals surface area contributed by atoms with Gasteiger partial charge in [0, 0.05) is 31.0 Å². The van der Waals surface area contributed by atoms with Crippen LogP contribution in [0.25, 0.3) is 6.08 Å². The standard InChI is InChI=1S/C35H42IN3O6/c1-8-26(35(42)37-20-24-10-12-25(43-5)13-11-24)21(2)9-16-29-22(3)27(14-17-32(40)44-6)30(38-29)19-31-28(15-18-33(41)45-7)23(4)34(36)39-31/h10-13,19,21,26,38H,8,14-15,17-18,20H2,1-7H3,(H,37,42)/b31-19-/t21-,26+/m0/s1. The fourth-order valence-electron chi connectivity index (χ4n) is 5.15. The number of aromatic amines is 1. The van der Waals surface area contributed by atoms with Gasteiger partial charge in [0.25, 0.3) is 0 Å². The Morgan fingerprint density at radius 1 is 1.04 bits per heavy atom. The highest BCUT2D eigenvalue weighted by atomic mass is 127. The van der Waals surface area contributed by atoms with Gasteiger partial charge in [-0.3, -0.25) is 14.4 Å². The SMILES string of the molecule is CC[C@@H](C(=O)NCc1ccc(OC)cc1)[C@@H](C)C#Cc1[nH]c(/C=C2\N=C(I)C(C)=C2CCC(=O)OC)c(CCC(=O)OC)c1C. The van der Waals surface area contributed by atoms with Crippen LogP contribution in [-0.2, 0) is 36.8 Å². The number of allylic oxidation sites excluding steroid dienone is 2. The molecule has 0 aliphatic carbocycles. The molecule has 0 radical (unpaired) electrons. The lowest BCUT2D eigenvalue weighted by Gasteiger charge is -2.18. The normalized spacial score (nSPS) is 14.8. The van der Waals surface area contributed by atoms with Crippen LogP contribution in [0.4, 0.5) is 0 Å². The van der Waals surface area contributed by atoms with Crippen molar-refractivity contribution in [1.82, 2.24) is 10.3 Å². The summed E-state index contributed by atoms with van der Waals surface area (Å²) in [6.07, 6.45) is 4.02. The zero-order valence-electron chi connectivity index (χ0n) is 27.1. The number of ether oxygens (including phenoxy) is 3. The third-order valence-corrected chi connectivity index (χ3v) is 9.08. The average molecular weight is 728 g/mol. The highest BCUT2D eigenvalue weighted by Gasteiger charge is 2.24. The number of methoxy groups -OCH3 is 3. The molecule has 1 aromatic heterocycles. The maximum Gasteiger partial charge on any atom is 0.305 e. The minimum atomic E-state index is -0.301. The smallest absolute Gasteiger partial charge is 0.305 e. The van der Waals surface area contributed by atoms with Gasteiger partial charge in [-0.1, -0.05) is 31.9 Å². The van der Waals surface area contributed by atoms with Crippen molar-refractivity contribution in [3.8, 4) is 17.6 Å². The van der Waals surface area contributed by atoms with Crippen LogP contribution in [0.1, 0.15) is 74.5 Å². The number of carbonyl (C=O) groups is 3. The van der Waals surface area contributed by atoms with Gasteiger partial charge in [0.05, 0.1) is 38.6 Å². The number of aromatic nitrogens is 1.